The number of hydrogen-bond donors (Lipinski definition) is 1. The van der Waals surface area contributed by atoms with Crippen LogP contribution in [0.2, 0.25) is 0 Å². The van der Waals surface area contributed by atoms with Gasteiger partial charge in [0.25, 0.3) is 0 Å². The van der Waals surface area contributed by atoms with Gasteiger partial charge in [0.2, 0.25) is 5.91 Å². The Morgan fingerprint density at radius 2 is 2.00 bits per heavy atom. The molecule has 3 nitrogen and oxygen atoms in total. The van der Waals surface area contributed by atoms with E-state index in [4.69, 9.17) is 0 Å². The summed E-state index contributed by atoms with van der Waals surface area (Å²) >= 11 is 0. The van der Waals surface area contributed by atoms with Gasteiger partial charge < -0.3 is 10.2 Å². The number of hydrogen-bond acceptors (Lipinski definition) is 2. The molecule has 1 rings (SSSR count). The molecule has 1 fully saturated rings. The SMILES string of the molecule is CCCNC1CC(C)CN(C(=O)C(C)(C)C)C1. The summed E-state index contributed by atoms with van der Waals surface area (Å²) in [4.78, 5) is 14.3. The zero-order valence-electron chi connectivity index (χ0n) is 12.0. The van der Waals surface area contributed by atoms with Gasteiger partial charge >= 0.3 is 0 Å². The normalized spacial score (nSPS) is 26.1. The van der Waals surface area contributed by atoms with Gasteiger partial charge in [-0.1, -0.05) is 34.6 Å². The van der Waals surface area contributed by atoms with Crippen LogP contribution in [0.15, 0.2) is 0 Å². The quantitative estimate of drug-likeness (QED) is 0.821. The van der Waals surface area contributed by atoms with Crippen molar-refractivity contribution in [1.29, 1.82) is 0 Å². The standard InChI is InChI=1S/C14H28N2O/c1-6-7-15-12-8-11(2)9-16(10-12)13(17)14(3,4)5/h11-12,15H,6-10H2,1-5H3. The van der Waals surface area contributed by atoms with Crippen molar-refractivity contribution >= 4 is 5.91 Å². The first-order valence-corrected chi connectivity index (χ1v) is 6.87. The second-order valence-corrected chi connectivity index (χ2v) is 6.45. The highest BCUT2D eigenvalue weighted by molar-refractivity contribution is 5.81. The molecule has 0 bridgehead atoms. The van der Waals surface area contributed by atoms with E-state index in [1.165, 1.54) is 6.42 Å². The van der Waals surface area contributed by atoms with Crippen molar-refractivity contribution in [3.05, 3.63) is 0 Å². The Bertz CT molecular complexity index is 257. The number of amides is 1. The van der Waals surface area contributed by atoms with Gasteiger partial charge in [-0.05, 0) is 25.3 Å². The minimum atomic E-state index is -0.258. The fourth-order valence-corrected chi connectivity index (χ4v) is 2.49. The highest BCUT2D eigenvalue weighted by Crippen LogP contribution is 2.23. The molecule has 0 saturated carbocycles. The Labute approximate surface area is 106 Å². The Balaban J connectivity index is 2.59. The molecule has 1 amide bonds. The van der Waals surface area contributed by atoms with Crippen molar-refractivity contribution in [3.63, 3.8) is 0 Å². The molecule has 0 radical (unpaired) electrons. The van der Waals surface area contributed by atoms with E-state index in [-0.39, 0.29) is 11.3 Å². The first-order valence-electron chi connectivity index (χ1n) is 6.87. The van der Waals surface area contributed by atoms with Crippen LogP contribution in [0.4, 0.5) is 0 Å². The van der Waals surface area contributed by atoms with Gasteiger partial charge in [0.1, 0.15) is 0 Å². The Morgan fingerprint density at radius 3 is 2.53 bits per heavy atom. The van der Waals surface area contributed by atoms with Gasteiger partial charge in [0.15, 0.2) is 0 Å². The molecule has 100 valence electrons. The van der Waals surface area contributed by atoms with Crippen molar-refractivity contribution in [2.75, 3.05) is 19.6 Å². The number of nitrogens with one attached hydrogen (secondary N) is 1. The maximum Gasteiger partial charge on any atom is 0.228 e. The van der Waals surface area contributed by atoms with Crippen LogP contribution in [0.1, 0.15) is 47.5 Å². The lowest BCUT2D eigenvalue weighted by Crippen LogP contribution is -2.53. The zero-order valence-corrected chi connectivity index (χ0v) is 12.0. The van der Waals surface area contributed by atoms with E-state index in [0.717, 1.165) is 26.1 Å². The van der Waals surface area contributed by atoms with Crippen LogP contribution in [0.5, 0.6) is 0 Å². The van der Waals surface area contributed by atoms with Gasteiger partial charge in [-0.3, -0.25) is 4.79 Å². The second-order valence-electron chi connectivity index (χ2n) is 6.45. The summed E-state index contributed by atoms with van der Waals surface area (Å²) in [6.07, 6.45) is 2.34. The van der Waals surface area contributed by atoms with Crippen LogP contribution in [-0.2, 0) is 4.79 Å². The van der Waals surface area contributed by atoms with Crippen LogP contribution in [-0.4, -0.2) is 36.5 Å². The van der Waals surface area contributed by atoms with E-state index in [0.29, 0.717) is 12.0 Å². The van der Waals surface area contributed by atoms with Gasteiger partial charge in [-0.2, -0.15) is 0 Å². The van der Waals surface area contributed by atoms with Gasteiger partial charge in [0, 0.05) is 24.5 Å². The van der Waals surface area contributed by atoms with Crippen LogP contribution < -0.4 is 5.32 Å². The molecular formula is C14H28N2O. The number of rotatable bonds is 3. The van der Waals surface area contributed by atoms with Gasteiger partial charge in [0.05, 0.1) is 0 Å². The topological polar surface area (TPSA) is 32.3 Å². The highest BCUT2D eigenvalue weighted by Gasteiger charge is 2.32. The smallest absolute Gasteiger partial charge is 0.228 e. The monoisotopic (exact) mass is 240 g/mol. The minimum Gasteiger partial charge on any atom is -0.340 e. The van der Waals surface area contributed by atoms with Crippen molar-refractivity contribution in [2.24, 2.45) is 11.3 Å². The maximum atomic E-state index is 12.3. The minimum absolute atomic E-state index is 0.258. The van der Waals surface area contributed by atoms with Crippen LogP contribution in [0.25, 0.3) is 0 Å². The molecule has 0 aromatic heterocycles. The molecular weight excluding hydrogens is 212 g/mol. The number of likely N-dealkylation sites (tertiary alicyclic amines) is 1. The predicted octanol–water partition coefficient (Wildman–Crippen LogP) is 2.27. The van der Waals surface area contributed by atoms with E-state index >= 15 is 0 Å². The third-order valence-corrected chi connectivity index (χ3v) is 3.27. The largest absolute Gasteiger partial charge is 0.340 e. The molecule has 0 aliphatic carbocycles. The van der Waals surface area contributed by atoms with Gasteiger partial charge in [-0.25, -0.2) is 0 Å². The molecule has 1 N–H and O–H groups in total. The Morgan fingerprint density at radius 1 is 1.35 bits per heavy atom. The molecule has 17 heavy (non-hydrogen) atoms. The molecule has 1 saturated heterocycles. The number of carbonyl (C=O) groups is 1. The lowest BCUT2D eigenvalue weighted by atomic mass is 9.90. The first-order chi connectivity index (χ1) is 7.84. The van der Waals surface area contributed by atoms with E-state index in [2.05, 4.69) is 19.2 Å². The molecule has 3 heteroatoms. The summed E-state index contributed by atoms with van der Waals surface area (Å²) in [5.74, 6) is 0.886. The summed E-state index contributed by atoms with van der Waals surface area (Å²) in [6.45, 7) is 13.3. The second kappa shape index (κ2) is 5.85. The van der Waals surface area contributed by atoms with Crippen LogP contribution >= 0.6 is 0 Å². The van der Waals surface area contributed by atoms with E-state index in [9.17, 15) is 4.79 Å². The van der Waals surface area contributed by atoms with Crippen molar-refractivity contribution in [3.8, 4) is 0 Å². The molecule has 1 aliphatic rings. The lowest BCUT2D eigenvalue weighted by Gasteiger charge is -2.39. The average molecular weight is 240 g/mol. The maximum absolute atomic E-state index is 12.3. The summed E-state index contributed by atoms with van der Waals surface area (Å²) in [5.41, 5.74) is -0.258. The summed E-state index contributed by atoms with van der Waals surface area (Å²) in [5, 5.41) is 3.54. The van der Waals surface area contributed by atoms with Gasteiger partial charge in [-0.15, -0.1) is 0 Å². The third kappa shape index (κ3) is 4.30. The Hall–Kier alpha value is -0.570. The summed E-state index contributed by atoms with van der Waals surface area (Å²) in [6, 6.07) is 0.477. The summed E-state index contributed by atoms with van der Waals surface area (Å²) in [7, 11) is 0. The number of carbonyl (C=O) groups excluding carboxylic acids is 1. The molecule has 0 aromatic rings. The highest BCUT2D eigenvalue weighted by atomic mass is 16.2. The molecule has 1 heterocycles. The molecule has 2 unspecified atom stereocenters. The van der Waals surface area contributed by atoms with E-state index in [1.54, 1.807) is 0 Å². The molecule has 0 aromatic carbocycles. The van der Waals surface area contributed by atoms with Crippen LogP contribution in [0, 0.1) is 11.3 Å². The fraction of sp³-hybridized carbons (Fsp3) is 0.929. The number of piperidine rings is 1. The van der Waals surface area contributed by atoms with E-state index in [1.807, 2.05) is 25.7 Å². The third-order valence-electron chi connectivity index (χ3n) is 3.27. The van der Waals surface area contributed by atoms with Crippen molar-refractivity contribution < 1.29 is 4.79 Å². The number of nitrogens with zero attached hydrogens (tertiary/aromatic N) is 1. The van der Waals surface area contributed by atoms with Crippen LogP contribution in [0.3, 0.4) is 0 Å². The molecule has 0 spiro atoms. The molecule has 1 aliphatic heterocycles. The van der Waals surface area contributed by atoms with Crippen molar-refractivity contribution in [1.82, 2.24) is 10.2 Å². The lowest BCUT2D eigenvalue weighted by molar-refractivity contribution is -0.141. The molecule has 2 atom stereocenters. The average Bonchev–Trinajstić information content (AvgIpc) is 2.23. The summed E-state index contributed by atoms with van der Waals surface area (Å²) < 4.78 is 0. The first kappa shape index (κ1) is 14.5. The predicted molar refractivity (Wildman–Crippen MR) is 71.9 cm³/mol. The zero-order chi connectivity index (χ0) is 13.1. The van der Waals surface area contributed by atoms with Crippen molar-refractivity contribution in [2.45, 2.75) is 53.5 Å². The Kier molecular flexibility index (Phi) is 4.99. The van der Waals surface area contributed by atoms with E-state index < -0.39 is 0 Å². The fourth-order valence-electron chi connectivity index (χ4n) is 2.49.